The van der Waals surface area contributed by atoms with E-state index >= 15 is 0 Å². The lowest BCUT2D eigenvalue weighted by Gasteiger charge is -2.48. The van der Waals surface area contributed by atoms with Gasteiger partial charge in [0.15, 0.2) is 0 Å². The van der Waals surface area contributed by atoms with Gasteiger partial charge in [0, 0.05) is 39.1 Å². The molecule has 1 fully saturated rings. The van der Waals surface area contributed by atoms with Crippen LogP contribution < -0.4 is 10.9 Å². The van der Waals surface area contributed by atoms with Crippen LogP contribution >= 0.6 is 15.9 Å². The molecule has 1 spiro atoms. The summed E-state index contributed by atoms with van der Waals surface area (Å²) < 4.78 is 3.44. The Labute approximate surface area is 181 Å². The van der Waals surface area contributed by atoms with Crippen LogP contribution in [0.1, 0.15) is 28.0 Å². The molecule has 0 bridgehead atoms. The molecule has 2 aromatic heterocycles. The second-order valence-corrected chi connectivity index (χ2v) is 9.00. The van der Waals surface area contributed by atoms with Crippen molar-refractivity contribution in [2.24, 2.45) is 7.05 Å². The molecule has 2 aliphatic heterocycles. The number of aliphatic hydroxyl groups excluding tert-OH is 1. The summed E-state index contributed by atoms with van der Waals surface area (Å²) >= 11 is 3.23. The van der Waals surface area contributed by atoms with Gasteiger partial charge in [0.2, 0.25) is 5.78 Å². The first-order valence-electron chi connectivity index (χ1n) is 9.91. The normalized spacial score (nSPS) is 23.7. The van der Waals surface area contributed by atoms with Gasteiger partial charge in [-0.15, -0.1) is 0 Å². The molecule has 3 aromatic rings. The van der Waals surface area contributed by atoms with Crippen molar-refractivity contribution in [2.75, 3.05) is 13.1 Å². The van der Waals surface area contributed by atoms with Gasteiger partial charge in [-0.3, -0.25) is 18.6 Å². The monoisotopic (exact) mass is 471 g/mol. The average Bonchev–Trinajstić information content (AvgIpc) is 3.17. The van der Waals surface area contributed by atoms with E-state index in [9.17, 15) is 14.7 Å². The first kappa shape index (κ1) is 19.5. The SMILES string of the molecule is Cn1c(=O)c(Br)cn2cc(C(=O)N3CCC4(Cc5ccccc5CN4)C(O)C3)nc12. The van der Waals surface area contributed by atoms with E-state index in [1.54, 1.807) is 28.7 Å². The van der Waals surface area contributed by atoms with Gasteiger partial charge in [-0.2, -0.15) is 0 Å². The van der Waals surface area contributed by atoms with Crippen LogP contribution in [0.25, 0.3) is 5.78 Å². The third-order valence-corrected chi connectivity index (χ3v) is 6.94. The minimum Gasteiger partial charge on any atom is -0.389 e. The number of carbonyl (C=O) groups excluding carboxylic acids is 1. The topological polar surface area (TPSA) is 91.9 Å². The van der Waals surface area contributed by atoms with Crippen molar-refractivity contribution in [3.05, 3.63) is 68.3 Å². The Kier molecular flexibility index (Phi) is 4.57. The zero-order valence-corrected chi connectivity index (χ0v) is 18.1. The minimum absolute atomic E-state index is 0.217. The number of nitrogens with one attached hydrogen (secondary N) is 1. The van der Waals surface area contributed by atoms with Crippen LogP contribution in [-0.2, 0) is 20.0 Å². The van der Waals surface area contributed by atoms with Crippen LogP contribution in [0.2, 0.25) is 0 Å². The van der Waals surface area contributed by atoms with Crippen LogP contribution in [0, 0.1) is 0 Å². The highest BCUT2D eigenvalue weighted by Crippen LogP contribution is 2.32. The first-order chi connectivity index (χ1) is 14.4. The summed E-state index contributed by atoms with van der Waals surface area (Å²) in [6, 6.07) is 8.27. The zero-order valence-electron chi connectivity index (χ0n) is 16.5. The van der Waals surface area contributed by atoms with E-state index < -0.39 is 11.6 Å². The molecule has 1 amide bonds. The maximum atomic E-state index is 13.1. The predicted octanol–water partition coefficient (Wildman–Crippen LogP) is 1.09. The summed E-state index contributed by atoms with van der Waals surface area (Å²) in [4.78, 5) is 31.2. The fraction of sp³-hybridized carbons (Fsp3) is 0.381. The number of hydrogen-bond acceptors (Lipinski definition) is 5. The quantitative estimate of drug-likeness (QED) is 0.554. The fourth-order valence-electron chi connectivity index (χ4n) is 4.57. The largest absolute Gasteiger partial charge is 0.389 e. The van der Waals surface area contributed by atoms with E-state index in [1.807, 2.05) is 12.1 Å². The van der Waals surface area contributed by atoms with E-state index in [1.165, 1.54) is 15.7 Å². The molecule has 1 aromatic carbocycles. The molecule has 2 atom stereocenters. The van der Waals surface area contributed by atoms with Crippen LogP contribution in [0.4, 0.5) is 0 Å². The predicted molar refractivity (Wildman–Crippen MR) is 114 cm³/mol. The van der Waals surface area contributed by atoms with E-state index in [-0.39, 0.29) is 23.7 Å². The van der Waals surface area contributed by atoms with Crippen LogP contribution in [0.5, 0.6) is 0 Å². The van der Waals surface area contributed by atoms with Crippen LogP contribution in [-0.4, -0.2) is 54.6 Å². The third kappa shape index (κ3) is 3.00. The number of benzene rings is 1. The number of β-amino-alcohol motifs (C(OH)–C–C–N with tert-alkyl or cyclic N) is 1. The van der Waals surface area contributed by atoms with Gasteiger partial charge in [-0.05, 0) is 39.9 Å². The summed E-state index contributed by atoms with van der Waals surface area (Å²) in [6.07, 6.45) is 3.94. The molecule has 2 N–H and O–H groups in total. The lowest BCUT2D eigenvalue weighted by molar-refractivity contribution is -0.0140. The number of aromatic nitrogens is 3. The molecular formula is C21H22BrN5O3. The van der Waals surface area contributed by atoms with Crippen molar-refractivity contribution < 1.29 is 9.90 Å². The fourth-order valence-corrected chi connectivity index (χ4v) is 5.06. The summed E-state index contributed by atoms with van der Waals surface area (Å²) in [5, 5.41) is 14.5. The molecule has 1 saturated heterocycles. The molecule has 156 valence electrons. The van der Waals surface area contributed by atoms with Crippen molar-refractivity contribution >= 4 is 27.6 Å². The average molecular weight is 472 g/mol. The molecule has 0 aliphatic carbocycles. The van der Waals surface area contributed by atoms with Crippen LogP contribution in [0.15, 0.2) is 45.9 Å². The lowest BCUT2D eigenvalue weighted by atomic mass is 9.76. The van der Waals surface area contributed by atoms with Gasteiger partial charge in [-0.1, -0.05) is 24.3 Å². The Hall–Kier alpha value is -2.49. The van der Waals surface area contributed by atoms with Crippen molar-refractivity contribution in [3.8, 4) is 0 Å². The minimum atomic E-state index is -0.681. The summed E-state index contributed by atoms with van der Waals surface area (Å²) in [5.41, 5.74) is 2.13. The molecule has 8 nitrogen and oxygen atoms in total. The summed E-state index contributed by atoms with van der Waals surface area (Å²) in [7, 11) is 1.62. The molecule has 9 heteroatoms. The summed E-state index contributed by atoms with van der Waals surface area (Å²) in [6.45, 7) is 1.49. The standard InChI is InChI=1S/C21H22BrN5O3/c1-25-18(29)15(22)10-27-11-16(24-20(25)27)19(30)26-7-6-21(17(28)12-26)8-13-4-2-3-5-14(13)9-23-21/h2-5,10-11,17,23,28H,6-9,12H2,1H3. The number of halogens is 1. The number of piperidine rings is 1. The van der Waals surface area contributed by atoms with Crippen molar-refractivity contribution in [3.63, 3.8) is 0 Å². The Morgan fingerprint density at radius 3 is 2.83 bits per heavy atom. The van der Waals surface area contributed by atoms with E-state index in [0.29, 0.717) is 23.2 Å². The Bertz CT molecular complexity index is 1220. The van der Waals surface area contributed by atoms with Crippen molar-refractivity contribution in [1.29, 1.82) is 0 Å². The van der Waals surface area contributed by atoms with Crippen LogP contribution in [0.3, 0.4) is 0 Å². The molecule has 2 aliphatic rings. The number of hydrogen-bond donors (Lipinski definition) is 2. The highest BCUT2D eigenvalue weighted by molar-refractivity contribution is 9.10. The van der Waals surface area contributed by atoms with Gasteiger partial charge in [0.25, 0.3) is 11.5 Å². The van der Waals surface area contributed by atoms with Gasteiger partial charge in [-0.25, -0.2) is 4.98 Å². The maximum absolute atomic E-state index is 13.1. The lowest BCUT2D eigenvalue weighted by Crippen LogP contribution is -2.65. The smallest absolute Gasteiger partial charge is 0.274 e. The second-order valence-electron chi connectivity index (χ2n) is 8.15. The molecule has 4 heterocycles. The Balaban J connectivity index is 1.38. The Morgan fingerprint density at radius 2 is 2.07 bits per heavy atom. The van der Waals surface area contributed by atoms with E-state index in [0.717, 1.165) is 13.0 Å². The number of rotatable bonds is 1. The van der Waals surface area contributed by atoms with E-state index in [4.69, 9.17) is 0 Å². The number of amides is 1. The van der Waals surface area contributed by atoms with Gasteiger partial charge in [0.1, 0.15) is 5.69 Å². The Morgan fingerprint density at radius 1 is 1.30 bits per heavy atom. The number of nitrogens with zero attached hydrogens (tertiary/aromatic N) is 4. The first-order valence-corrected chi connectivity index (χ1v) is 10.7. The molecule has 2 unspecified atom stereocenters. The number of aliphatic hydroxyl groups is 1. The highest BCUT2D eigenvalue weighted by Gasteiger charge is 2.45. The number of likely N-dealkylation sites (tertiary alicyclic amines) is 1. The number of imidazole rings is 1. The molecule has 0 radical (unpaired) electrons. The van der Waals surface area contributed by atoms with Gasteiger partial charge >= 0.3 is 0 Å². The van der Waals surface area contributed by atoms with Gasteiger partial charge in [0.05, 0.1) is 16.1 Å². The molecule has 0 saturated carbocycles. The van der Waals surface area contributed by atoms with Crippen molar-refractivity contribution in [1.82, 2.24) is 24.2 Å². The van der Waals surface area contributed by atoms with Crippen molar-refractivity contribution in [2.45, 2.75) is 31.0 Å². The molecule has 5 rings (SSSR count). The van der Waals surface area contributed by atoms with E-state index in [2.05, 4.69) is 38.4 Å². The maximum Gasteiger partial charge on any atom is 0.274 e. The number of carbonyl (C=O) groups is 1. The zero-order chi connectivity index (χ0) is 21.0. The summed E-state index contributed by atoms with van der Waals surface area (Å²) in [5.74, 6) is 0.151. The van der Waals surface area contributed by atoms with Gasteiger partial charge < -0.3 is 15.3 Å². The third-order valence-electron chi connectivity index (χ3n) is 6.39. The highest BCUT2D eigenvalue weighted by atomic mass is 79.9. The second kappa shape index (κ2) is 7.04. The number of aryl methyl sites for hydroxylation is 1. The molecule has 30 heavy (non-hydrogen) atoms. The molecular weight excluding hydrogens is 450 g/mol. The number of fused-ring (bicyclic) bond motifs is 2.